The number of carbonyl (C=O) groups is 2. The van der Waals surface area contributed by atoms with Gasteiger partial charge >= 0.3 is 11.9 Å². The summed E-state index contributed by atoms with van der Waals surface area (Å²) in [5, 5.41) is 0. The zero-order valence-electron chi connectivity index (χ0n) is 10.7. The molecule has 0 saturated heterocycles. The third-order valence-corrected chi connectivity index (χ3v) is 1.77. The second-order valence-electron chi connectivity index (χ2n) is 3.59. The van der Waals surface area contributed by atoms with Crippen molar-refractivity contribution in [3.05, 3.63) is 12.2 Å². The highest BCUT2D eigenvalue weighted by Gasteiger charge is 2.10. The Kier molecular flexibility index (Phi) is 8.05. The number of carbonyl (C=O) groups excluding carboxylic acids is 2. The molecule has 0 aliphatic heterocycles. The molecule has 0 spiro atoms. The molecular weight excluding hydrogens is 224 g/mol. The van der Waals surface area contributed by atoms with Crippen LogP contribution in [-0.2, 0) is 23.8 Å². The summed E-state index contributed by atoms with van der Waals surface area (Å²) in [6.07, 6.45) is 0.482. The molecule has 0 aliphatic rings. The molecule has 0 aromatic rings. The predicted molar refractivity (Wildman–Crippen MR) is 62.2 cm³/mol. The van der Waals surface area contributed by atoms with E-state index in [0.717, 1.165) is 6.42 Å². The van der Waals surface area contributed by atoms with E-state index < -0.39 is 12.3 Å². The van der Waals surface area contributed by atoms with Crippen molar-refractivity contribution >= 4 is 11.9 Å². The SMILES string of the molecule is C=C(C)C(=O)OC(C)OCCOC(=O)CCC. The molecule has 0 rings (SSSR count). The Labute approximate surface area is 102 Å². The topological polar surface area (TPSA) is 61.8 Å². The van der Waals surface area contributed by atoms with Gasteiger partial charge in [-0.05, 0) is 20.3 Å². The second-order valence-corrected chi connectivity index (χ2v) is 3.59. The first kappa shape index (κ1) is 15.6. The summed E-state index contributed by atoms with van der Waals surface area (Å²) in [5.74, 6) is -0.747. The van der Waals surface area contributed by atoms with Crippen LogP contribution in [0.5, 0.6) is 0 Å². The highest BCUT2D eigenvalue weighted by Crippen LogP contribution is 2.00. The van der Waals surface area contributed by atoms with Crippen molar-refractivity contribution < 1.29 is 23.8 Å². The summed E-state index contributed by atoms with van der Waals surface area (Å²) < 4.78 is 14.9. The van der Waals surface area contributed by atoms with E-state index >= 15 is 0 Å². The van der Waals surface area contributed by atoms with E-state index in [-0.39, 0.29) is 19.2 Å². The molecule has 0 heterocycles. The highest BCUT2D eigenvalue weighted by atomic mass is 16.7. The zero-order chi connectivity index (χ0) is 13.3. The third-order valence-electron chi connectivity index (χ3n) is 1.77. The van der Waals surface area contributed by atoms with Crippen molar-refractivity contribution in [2.75, 3.05) is 13.2 Å². The van der Waals surface area contributed by atoms with Crippen LogP contribution in [0.1, 0.15) is 33.6 Å². The number of hydrogen-bond acceptors (Lipinski definition) is 5. The van der Waals surface area contributed by atoms with Gasteiger partial charge in [-0.2, -0.15) is 0 Å². The van der Waals surface area contributed by atoms with Gasteiger partial charge in [-0.1, -0.05) is 13.5 Å². The molecule has 0 aliphatic carbocycles. The van der Waals surface area contributed by atoms with Crippen LogP contribution in [-0.4, -0.2) is 31.4 Å². The summed E-state index contributed by atoms with van der Waals surface area (Å²) >= 11 is 0. The molecule has 0 fully saturated rings. The number of rotatable bonds is 8. The predicted octanol–water partition coefficient (Wildman–Crippen LogP) is 1.81. The maximum atomic E-state index is 11.1. The van der Waals surface area contributed by atoms with Crippen LogP contribution in [0.15, 0.2) is 12.2 Å². The minimum absolute atomic E-state index is 0.161. The van der Waals surface area contributed by atoms with E-state index in [2.05, 4.69) is 6.58 Å². The van der Waals surface area contributed by atoms with Gasteiger partial charge < -0.3 is 14.2 Å². The van der Waals surface area contributed by atoms with Crippen LogP contribution >= 0.6 is 0 Å². The summed E-state index contributed by atoms with van der Waals surface area (Å²) in [6.45, 7) is 8.85. The van der Waals surface area contributed by atoms with Crippen LogP contribution in [0.3, 0.4) is 0 Å². The van der Waals surface area contributed by atoms with E-state index in [9.17, 15) is 9.59 Å². The van der Waals surface area contributed by atoms with Crippen molar-refractivity contribution in [2.45, 2.75) is 39.9 Å². The third kappa shape index (κ3) is 8.45. The second kappa shape index (κ2) is 8.75. The van der Waals surface area contributed by atoms with Gasteiger partial charge in [0, 0.05) is 12.0 Å². The van der Waals surface area contributed by atoms with Crippen molar-refractivity contribution in [2.24, 2.45) is 0 Å². The Morgan fingerprint density at radius 2 is 1.94 bits per heavy atom. The maximum absolute atomic E-state index is 11.1. The van der Waals surface area contributed by atoms with Gasteiger partial charge in [-0.25, -0.2) is 4.79 Å². The van der Waals surface area contributed by atoms with Crippen LogP contribution < -0.4 is 0 Å². The molecule has 0 amide bonds. The van der Waals surface area contributed by atoms with Crippen molar-refractivity contribution in [3.63, 3.8) is 0 Å². The monoisotopic (exact) mass is 244 g/mol. The van der Waals surface area contributed by atoms with Crippen LogP contribution in [0.25, 0.3) is 0 Å². The highest BCUT2D eigenvalue weighted by molar-refractivity contribution is 5.86. The summed E-state index contributed by atoms with van der Waals surface area (Å²) in [4.78, 5) is 22.1. The lowest BCUT2D eigenvalue weighted by atomic mass is 10.3. The van der Waals surface area contributed by atoms with Crippen LogP contribution in [0.4, 0.5) is 0 Å². The molecule has 5 nitrogen and oxygen atoms in total. The lowest BCUT2D eigenvalue weighted by Gasteiger charge is -2.14. The molecule has 98 valence electrons. The molecule has 0 N–H and O–H groups in total. The Bertz CT molecular complexity index is 272. The summed E-state index contributed by atoms with van der Waals surface area (Å²) in [6, 6.07) is 0. The molecule has 17 heavy (non-hydrogen) atoms. The molecule has 0 aromatic carbocycles. The first-order chi connectivity index (χ1) is 7.97. The summed E-state index contributed by atoms with van der Waals surface area (Å²) in [7, 11) is 0. The van der Waals surface area contributed by atoms with Gasteiger partial charge in [0.05, 0.1) is 6.61 Å². The van der Waals surface area contributed by atoms with Crippen LogP contribution in [0.2, 0.25) is 0 Å². The normalized spacial score (nSPS) is 11.7. The first-order valence-electron chi connectivity index (χ1n) is 5.61. The zero-order valence-corrected chi connectivity index (χ0v) is 10.7. The van der Waals surface area contributed by atoms with E-state index in [0.29, 0.717) is 12.0 Å². The molecule has 0 saturated carbocycles. The lowest BCUT2D eigenvalue weighted by Crippen LogP contribution is -2.21. The van der Waals surface area contributed by atoms with Gasteiger partial charge in [0.1, 0.15) is 6.61 Å². The van der Waals surface area contributed by atoms with Crippen molar-refractivity contribution in [1.82, 2.24) is 0 Å². The van der Waals surface area contributed by atoms with E-state index in [4.69, 9.17) is 14.2 Å². The van der Waals surface area contributed by atoms with E-state index in [1.165, 1.54) is 0 Å². The molecule has 0 aromatic heterocycles. The van der Waals surface area contributed by atoms with Gasteiger partial charge in [-0.3, -0.25) is 4.79 Å². The van der Waals surface area contributed by atoms with Crippen molar-refractivity contribution in [1.29, 1.82) is 0 Å². The fourth-order valence-corrected chi connectivity index (χ4v) is 0.931. The Hall–Kier alpha value is -1.36. The average Bonchev–Trinajstić information content (AvgIpc) is 2.24. The van der Waals surface area contributed by atoms with Gasteiger partial charge in [0.2, 0.25) is 6.29 Å². The average molecular weight is 244 g/mol. The molecule has 0 radical (unpaired) electrons. The maximum Gasteiger partial charge on any atom is 0.335 e. The molecule has 1 unspecified atom stereocenters. The Balaban J connectivity index is 3.58. The molecule has 5 heteroatoms. The standard InChI is InChI=1S/C12H20O5/c1-5-6-11(13)16-8-7-15-10(4)17-12(14)9(2)3/h10H,2,5-8H2,1,3-4H3. The van der Waals surface area contributed by atoms with Crippen molar-refractivity contribution in [3.8, 4) is 0 Å². The molecule has 1 atom stereocenters. The fourth-order valence-electron chi connectivity index (χ4n) is 0.931. The number of hydrogen-bond donors (Lipinski definition) is 0. The lowest BCUT2D eigenvalue weighted by molar-refractivity contribution is -0.174. The van der Waals surface area contributed by atoms with Gasteiger partial charge in [-0.15, -0.1) is 0 Å². The minimum atomic E-state index is -0.677. The molecule has 0 bridgehead atoms. The Morgan fingerprint density at radius 3 is 2.47 bits per heavy atom. The number of ether oxygens (including phenoxy) is 3. The smallest absolute Gasteiger partial charge is 0.335 e. The first-order valence-corrected chi connectivity index (χ1v) is 5.61. The number of esters is 2. The Morgan fingerprint density at radius 1 is 1.29 bits per heavy atom. The fraction of sp³-hybridized carbons (Fsp3) is 0.667. The van der Waals surface area contributed by atoms with Gasteiger partial charge in [0.25, 0.3) is 0 Å². The summed E-state index contributed by atoms with van der Waals surface area (Å²) in [5.41, 5.74) is 0.315. The minimum Gasteiger partial charge on any atom is -0.463 e. The largest absolute Gasteiger partial charge is 0.463 e. The molecular formula is C12H20O5. The van der Waals surface area contributed by atoms with Crippen LogP contribution in [0, 0.1) is 0 Å². The van der Waals surface area contributed by atoms with E-state index in [1.807, 2.05) is 6.92 Å². The van der Waals surface area contributed by atoms with E-state index in [1.54, 1.807) is 13.8 Å². The quantitative estimate of drug-likeness (QED) is 0.282. The van der Waals surface area contributed by atoms with Gasteiger partial charge in [0.15, 0.2) is 0 Å².